The average molecular weight is 380 g/mol. The number of hydrogen-bond donors (Lipinski definition) is 1. The first-order chi connectivity index (χ1) is 13.5. The van der Waals surface area contributed by atoms with Crippen molar-refractivity contribution in [3.63, 3.8) is 0 Å². The summed E-state index contributed by atoms with van der Waals surface area (Å²) in [5.74, 6) is 0.492. The summed E-state index contributed by atoms with van der Waals surface area (Å²) in [6.45, 7) is 2.15. The van der Waals surface area contributed by atoms with Crippen molar-refractivity contribution in [2.24, 2.45) is 0 Å². The van der Waals surface area contributed by atoms with Gasteiger partial charge in [0.25, 0.3) is 5.91 Å². The lowest BCUT2D eigenvalue weighted by molar-refractivity contribution is -0.385. The van der Waals surface area contributed by atoms with E-state index in [2.05, 4.69) is 10.4 Å². The Morgan fingerprint density at radius 3 is 2.79 bits per heavy atom. The lowest BCUT2D eigenvalue weighted by atomic mass is 10.0. The number of benzene rings is 2. The second kappa shape index (κ2) is 8.34. The van der Waals surface area contributed by atoms with Crippen molar-refractivity contribution in [3.8, 4) is 5.75 Å². The molecule has 1 amide bonds. The highest BCUT2D eigenvalue weighted by Crippen LogP contribution is 2.20. The van der Waals surface area contributed by atoms with Crippen molar-refractivity contribution in [1.29, 1.82) is 0 Å². The summed E-state index contributed by atoms with van der Waals surface area (Å²) < 4.78 is 6.67. The molecule has 144 valence electrons. The highest BCUT2D eigenvalue weighted by atomic mass is 16.6. The van der Waals surface area contributed by atoms with Gasteiger partial charge in [0.1, 0.15) is 18.1 Å². The van der Waals surface area contributed by atoms with Gasteiger partial charge >= 0.3 is 5.69 Å². The summed E-state index contributed by atoms with van der Waals surface area (Å²) in [6.07, 6.45) is 2.53. The first kappa shape index (κ1) is 19.1. The third-order valence-electron chi connectivity index (χ3n) is 4.37. The topological polar surface area (TPSA) is 99.3 Å². The monoisotopic (exact) mass is 380 g/mol. The van der Waals surface area contributed by atoms with E-state index in [0.717, 1.165) is 16.9 Å². The van der Waals surface area contributed by atoms with E-state index in [-0.39, 0.29) is 24.2 Å². The summed E-state index contributed by atoms with van der Waals surface area (Å²) in [6, 6.07) is 14.4. The van der Waals surface area contributed by atoms with Crippen molar-refractivity contribution in [2.75, 3.05) is 7.11 Å². The maximum atomic E-state index is 12.8. The first-order valence-corrected chi connectivity index (χ1v) is 8.67. The lowest BCUT2D eigenvalue weighted by Crippen LogP contribution is -2.27. The standard InChI is InChI=1S/C20H20N4O4/c1-14(15-7-5-8-18(10-15)28-2)22-20(25)19-9-4-3-6-16(19)12-23-13-17(11-21-23)24(26)27/h3-11,13-14H,12H2,1-2H3,(H,22,25)/t14-/m0/s1. The highest BCUT2D eigenvalue weighted by molar-refractivity contribution is 5.95. The third kappa shape index (κ3) is 4.35. The molecule has 0 spiro atoms. The molecular weight excluding hydrogens is 360 g/mol. The summed E-state index contributed by atoms with van der Waals surface area (Å²) in [5, 5.41) is 17.8. The molecule has 1 aromatic heterocycles. The fourth-order valence-corrected chi connectivity index (χ4v) is 2.86. The molecule has 3 aromatic rings. The molecule has 0 bridgehead atoms. The van der Waals surface area contributed by atoms with Crippen LogP contribution < -0.4 is 10.1 Å². The van der Waals surface area contributed by atoms with Gasteiger partial charge in [0.15, 0.2) is 0 Å². The second-order valence-electron chi connectivity index (χ2n) is 6.28. The molecule has 0 aliphatic rings. The van der Waals surface area contributed by atoms with Crippen LogP contribution in [0.5, 0.6) is 5.75 Å². The molecule has 1 N–H and O–H groups in total. The molecule has 28 heavy (non-hydrogen) atoms. The minimum atomic E-state index is -0.502. The lowest BCUT2D eigenvalue weighted by Gasteiger charge is -2.17. The zero-order chi connectivity index (χ0) is 20.1. The smallest absolute Gasteiger partial charge is 0.307 e. The number of methoxy groups -OCH3 is 1. The average Bonchev–Trinajstić information content (AvgIpc) is 3.17. The van der Waals surface area contributed by atoms with Gasteiger partial charge in [-0.15, -0.1) is 0 Å². The van der Waals surface area contributed by atoms with Crippen molar-refractivity contribution in [1.82, 2.24) is 15.1 Å². The van der Waals surface area contributed by atoms with E-state index < -0.39 is 4.92 Å². The van der Waals surface area contributed by atoms with Gasteiger partial charge in [0.05, 0.1) is 24.6 Å². The van der Waals surface area contributed by atoms with E-state index in [1.54, 1.807) is 25.3 Å². The fourth-order valence-electron chi connectivity index (χ4n) is 2.86. The van der Waals surface area contributed by atoms with Gasteiger partial charge in [0, 0.05) is 5.56 Å². The molecule has 0 aliphatic carbocycles. The van der Waals surface area contributed by atoms with Crippen LogP contribution in [-0.2, 0) is 6.54 Å². The molecule has 0 fully saturated rings. The number of nitrogens with zero attached hydrogens (tertiary/aromatic N) is 3. The van der Waals surface area contributed by atoms with Crippen LogP contribution in [0.15, 0.2) is 60.9 Å². The van der Waals surface area contributed by atoms with E-state index in [4.69, 9.17) is 4.74 Å². The van der Waals surface area contributed by atoms with Crippen molar-refractivity contribution in [3.05, 3.63) is 87.7 Å². The summed E-state index contributed by atoms with van der Waals surface area (Å²) in [7, 11) is 1.60. The molecule has 0 unspecified atom stereocenters. The number of ether oxygens (including phenoxy) is 1. The SMILES string of the molecule is COc1cccc([C@H](C)NC(=O)c2ccccc2Cn2cc([N+](=O)[O-])cn2)c1. The molecule has 0 radical (unpaired) electrons. The van der Waals surface area contributed by atoms with Gasteiger partial charge in [-0.3, -0.25) is 19.6 Å². The third-order valence-corrected chi connectivity index (χ3v) is 4.37. The molecule has 2 aromatic carbocycles. The fraction of sp³-hybridized carbons (Fsp3) is 0.200. The second-order valence-corrected chi connectivity index (χ2v) is 6.28. The zero-order valence-electron chi connectivity index (χ0n) is 15.5. The Hall–Kier alpha value is -3.68. The van der Waals surface area contributed by atoms with Crippen LogP contribution in [0, 0.1) is 10.1 Å². The molecule has 3 rings (SSSR count). The molecule has 0 saturated carbocycles. The Morgan fingerprint density at radius 1 is 1.29 bits per heavy atom. The van der Waals surface area contributed by atoms with Crippen LogP contribution in [0.4, 0.5) is 5.69 Å². The van der Waals surface area contributed by atoms with Crippen LogP contribution in [-0.4, -0.2) is 27.7 Å². The number of carbonyl (C=O) groups is 1. The van der Waals surface area contributed by atoms with Gasteiger partial charge in [0.2, 0.25) is 0 Å². The predicted molar refractivity (Wildman–Crippen MR) is 103 cm³/mol. The minimum absolute atomic E-state index is 0.0893. The molecule has 8 nitrogen and oxygen atoms in total. The van der Waals surface area contributed by atoms with Crippen LogP contribution in [0.3, 0.4) is 0 Å². The molecule has 1 atom stereocenters. The van der Waals surface area contributed by atoms with Crippen molar-refractivity contribution in [2.45, 2.75) is 19.5 Å². The van der Waals surface area contributed by atoms with E-state index in [9.17, 15) is 14.9 Å². The Kier molecular flexibility index (Phi) is 5.69. The summed E-state index contributed by atoms with van der Waals surface area (Å²) >= 11 is 0. The number of rotatable bonds is 7. The van der Waals surface area contributed by atoms with E-state index >= 15 is 0 Å². The minimum Gasteiger partial charge on any atom is -0.497 e. The number of aromatic nitrogens is 2. The maximum Gasteiger partial charge on any atom is 0.307 e. The highest BCUT2D eigenvalue weighted by Gasteiger charge is 2.16. The van der Waals surface area contributed by atoms with Crippen molar-refractivity contribution >= 4 is 11.6 Å². The predicted octanol–water partition coefficient (Wildman–Crippen LogP) is 3.34. The number of amides is 1. The maximum absolute atomic E-state index is 12.8. The molecule has 0 aliphatic heterocycles. The number of carbonyl (C=O) groups excluding carboxylic acids is 1. The normalized spacial score (nSPS) is 11.6. The van der Waals surface area contributed by atoms with Crippen LogP contribution >= 0.6 is 0 Å². The van der Waals surface area contributed by atoms with Gasteiger partial charge in [-0.25, -0.2) is 0 Å². The van der Waals surface area contributed by atoms with Crippen LogP contribution in [0.2, 0.25) is 0 Å². The van der Waals surface area contributed by atoms with Crippen LogP contribution in [0.25, 0.3) is 0 Å². The Balaban J connectivity index is 1.77. The van der Waals surface area contributed by atoms with E-state index in [1.165, 1.54) is 17.1 Å². The largest absolute Gasteiger partial charge is 0.497 e. The van der Waals surface area contributed by atoms with Crippen LogP contribution in [0.1, 0.15) is 34.5 Å². The number of nitrogens with one attached hydrogen (secondary N) is 1. The van der Waals surface area contributed by atoms with Crippen molar-refractivity contribution < 1.29 is 14.5 Å². The van der Waals surface area contributed by atoms with Gasteiger partial charge in [-0.05, 0) is 36.2 Å². The molecular formula is C20H20N4O4. The molecule has 8 heteroatoms. The number of nitro groups is 1. The van der Waals surface area contributed by atoms with Gasteiger partial charge < -0.3 is 10.1 Å². The summed E-state index contributed by atoms with van der Waals surface area (Å²) in [5.41, 5.74) is 2.05. The van der Waals surface area contributed by atoms with Gasteiger partial charge in [-0.1, -0.05) is 30.3 Å². The quantitative estimate of drug-likeness (QED) is 0.501. The Morgan fingerprint density at radius 2 is 2.07 bits per heavy atom. The van der Waals surface area contributed by atoms with Gasteiger partial charge in [-0.2, -0.15) is 5.10 Å². The zero-order valence-corrected chi connectivity index (χ0v) is 15.5. The molecule has 1 heterocycles. The summed E-state index contributed by atoms with van der Waals surface area (Å²) in [4.78, 5) is 23.1. The van der Waals surface area contributed by atoms with E-state index in [0.29, 0.717) is 5.56 Å². The molecule has 0 saturated heterocycles. The first-order valence-electron chi connectivity index (χ1n) is 8.67. The Bertz CT molecular complexity index is 999. The van der Waals surface area contributed by atoms with E-state index in [1.807, 2.05) is 37.3 Å². The Labute approximate surface area is 161 Å². The number of hydrogen-bond acceptors (Lipinski definition) is 5.